The van der Waals surface area contributed by atoms with E-state index in [1.54, 1.807) is 13.4 Å². The van der Waals surface area contributed by atoms with Crippen LogP contribution < -0.4 is 5.32 Å². The number of nitrogens with one attached hydrogen (secondary N) is 1. The average molecular weight is 352 g/mol. The van der Waals surface area contributed by atoms with Gasteiger partial charge in [-0.25, -0.2) is 4.99 Å². The Morgan fingerprint density at radius 2 is 1.88 bits per heavy atom. The number of rotatable bonds is 3. The van der Waals surface area contributed by atoms with Crippen molar-refractivity contribution in [2.75, 3.05) is 7.11 Å². The van der Waals surface area contributed by atoms with Gasteiger partial charge in [-0.3, -0.25) is 0 Å². The molecule has 0 fully saturated rings. The summed E-state index contributed by atoms with van der Waals surface area (Å²) in [5.74, 6) is 1.78. The minimum Gasteiger partial charge on any atom is -0.484 e. The zero-order valence-corrected chi connectivity index (χ0v) is 16.2. The van der Waals surface area contributed by atoms with Crippen molar-refractivity contribution in [1.82, 2.24) is 5.32 Å². The van der Waals surface area contributed by atoms with E-state index in [2.05, 4.69) is 63.4 Å². The van der Waals surface area contributed by atoms with Gasteiger partial charge in [0.05, 0.1) is 19.1 Å². The predicted molar refractivity (Wildman–Crippen MR) is 106 cm³/mol. The van der Waals surface area contributed by atoms with Gasteiger partial charge in [0, 0.05) is 23.9 Å². The lowest BCUT2D eigenvalue weighted by molar-refractivity contribution is 0.323. The molecule has 0 radical (unpaired) electrons. The van der Waals surface area contributed by atoms with Crippen molar-refractivity contribution < 1.29 is 9.15 Å². The second-order valence-electron chi connectivity index (χ2n) is 7.87. The van der Waals surface area contributed by atoms with Crippen LogP contribution in [0.2, 0.25) is 0 Å². The molecular weight excluding hydrogens is 324 g/mol. The lowest BCUT2D eigenvalue weighted by Crippen LogP contribution is -2.45. The summed E-state index contributed by atoms with van der Waals surface area (Å²) in [5.41, 5.74) is 3.21. The van der Waals surface area contributed by atoms with Gasteiger partial charge in [0.25, 0.3) is 0 Å². The molecule has 1 N–H and O–H groups in total. The Balaban J connectivity index is 2.06. The summed E-state index contributed by atoms with van der Waals surface area (Å²) in [4.78, 5) is 4.81. The minimum atomic E-state index is -0.0397. The summed E-state index contributed by atoms with van der Waals surface area (Å²) in [6, 6.07) is 12.5. The van der Waals surface area contributed by atoms with E-state index in [1.807, 2.05) is 12.1 Å². The Morgan fingerprint density at radius 1 is 1.15 bits per heavy atom. The van der Waals surface area contributed by atoms with Crippen molar-refractivity contribution in [3.8, 4) is 0 Å². The quantitative estimate of drug-likeness (QED) is 0.853. The molecule has 4 nitrogen and oxygen atoms in total. The highest BCUT2D eigenvalue weighted by atomic mass is 16.5. The predicted octanol–water partition coefficient (Wildman–Crippen LogP) is 4.92. The van der Waals surface area contributed by atoms with Gasteiger partial charge in [0.15, 0.2) is 5.90 Å². The Morgan fingerprint density at radius 3 is 2.46 bits per heavy atom. The van der Waals surface area contributed by atoms with E-state index >= 15 is 0 Å². The zero-order valence-electron chi connectivity index (χ0n) is 16.2. The van der Waals surface area contributed by atoms with Crippen molar-refractivity contribution in [2.24, 2.45) is 4.99 Å². The van der Waals surface area contributed by atoms with E-state index < -0.39 is 0 Å². The first kappa shape index (κ1) is 18.5. The molecule has 138 valence electrons. The third kappa shape index (κ3) is 4.44. The molecule has 0 amide bonds. The fraction of sp³-hybridized carbons (Fsp3) is 0.409. The SMILES string of the molecule is COC1=NC(c2ccc(C)cc2)=C[C@H](NC(C)(C)C)[C@@H](c2ccco2)C1. The smallest absolute Gasteiger partial charge is 0.188 e. The van der Waals surface area contributed by atoms with Crippen LogP contribution >= 0.6 is 0 Å². The summed E-state index contributed by atoms with van der Waals surface area (Å²) in [6.07, 6.45) is 4.61. The molecule has 0 unspecified atom stereocenters. The number of ether oxygens (including phenoxy) is 1. The summed E-state index contributed by atoms with van der Waals surface area (Å²) in [6.45, 7) is 8.61. The molecule has 0 spiro atoms. The van der Waals surface area contributed by atoms with E-state index in [-0.39, 0.29) is 17.5 Å². The fourth-order valence-corrected chi connectivity index (χ4v) is 3.25. The van der Waals surface area contributed by atoms with E-state index in [0.717, 1.165) is 22.9 Å². The molecule has 2 aromatic rings. The molecule has 26 heavy (non-hydrogen) atoms. The summed E-state index contributed by atoms with van der Waals surface area (Å²) >= 11 is 0. The van der Waals surface area contributed by atoms with Crippen LogP contribution in [0.3, 0.4) is 0 Å². The Kier molecular flexibility index (Phi) is 5.33. The number of nitrogens with zero attached hydrogens (tertiary/aromatic N) is 1. The Bertz CT molecular complexity index is 781. The van der Waals surface area contributed by atoms with Gasteiger partial charge in [-0.05, 0) is 51.5 Å². The highest BCUT2D eigenvalue weighted by molar-refractivity contribution is 5.85. The molecule has 2 atom stereocenters. The standard InChI is InChI=1S/C22H28N2O2/c1-15-8-10-16(11-9-15)18-14-19(24-22(2,3)4)17(13-21(23-18)25-5)20-7-6-12-26-20/h6-12,14,17,19,24H,13H2,1-5H3/t17-,19-/m0/s1. The van der Waals surface area contributed by atoms with Crippen molar-refractivity contribution in [3.63, 3.8) is 0 Å². The molecule has 4 heteroatoms. The second kappa shape index (κ2) is 7.50. The molecule has 0 bridgehead atoms. The molecular formula is C22H28N2O2. The number of furan rings is 1. The van der Waals surface area contributed by atoms with Crippen LogP contribution in [0.15, 0.2) is 58.1 Å². The third-order valence-corrected chi connectivity index (χ3v) is 4.50. The van der Waals surface area contributed by atoms with Gasteiger partial charge in [-0.1, -0.05) is 29.8 Å². The minimum absolute atomic E-state index is 0.0397. The number of benzene rings is 1. The maximum absolute atomic E-state index is 5.74. The highest BCUT2D eigenvalue weighted by Gasteiger charge is 2.31. The number of aliphatic imine (C=N–C) groups is 1. The Labute approximate surface area is 156 Å². The summed E-state index contributed by atoms with van der Waals surface area (Å²) in [7, 11) is 1.68. The van der Waals surface area contributed by atoms with Crippen LogP contribution in [0, 0.1) is 6.92 Å². The van der Waals surface area contributed by atoms with E-state index in [9.17, 15) is 0 Å². The first-order valence-corrected chi connectivity index (χ1v) is 9.07. The molecule has 1 aromatic carbocycles. The molecule has 1 aliphatic heterocycles. The first-order chi connectivity index (χ1) is 12.4. The van der Waals surface area contributed by atoms with Gasteiger partial charge < -0.3 is 14.5 Å². The molecule has 0 saturated heterocycles. The average Bonchev–Trinajstić information content (AvgIpc) is 3.04. The van der Waals surface area contributed by atoms with Crippen molar-refractivity contribution in [1.29, 1.82) is 0 Å². The molecule has 0 aliphatic carbocycles. The summed E-state index contributed by atoms with van der Waals surface area (Å²) < 4.78 is 11.3. The van der Waals surface area contributed by atoms with Crippen LogP contribution in [-0.2, 0) is 4.74 Å². The maximum Gasteiger partial charge on any atom is 0.188 e. The number of aryl methyl sites for hydroxylation is 1. The van der Waals surface area contributed by atoms with E-state index in [4.69, 9.17) is 14.1 Å². The van der Waals surface area contributed by atoms with Gasteiger partial charge in [0.2, 0.25) is 0 Å². The topological polar surface area (TPSA) is 46.8 Å². The summed E-state index contributed by atoms with van der Waals surface area (Å²) in [5, 5.41) is 3.73. The number of hydrogen-bond acceptors (Lipinski definition) is 4. The van der Waals surface area contributed by atoms with Crippen molar-refractivity contribution >= 4 is 11.6 Å². The molecule has 1 aliphatic rings. The van der Waals surface area contributed by atoms with Crippen molar-refractivity contribution in [2.45, 2.75) is 51.6 Å². The normalized spacial score (nSPS) is 21.0. The fourth-order valence-electron chi connectivity index (χ4n) is 3.25. The largest absolute Gasteiger partial charge is 0.484 e. The van der Waals surface area contributed by atoms with Crippen LogP contribution in [0.4, 0.5) is 0 Å². The highest BCUT2D eigenvalue weighted by Crippen LogP contribution is 2.33. The van der Waals surface area contributed by atoms with E-state index in [0.29, 0.717) is 6.42 Å². The Hall–Kier alpha value is -2.33. The molecule has 3 rings (SSSR count). The molecule has 1 aromatic heterocycles. The van der Waals surface area contributed by atoms with Gasteiger partial charge in [-0.2, -0.15) is 0 Å². The van der Waals surface area contributed by atoms with Gasteiger partial charge in [0.1, 0.15) is 5.76 Å². The number of methoxy groups -OCH3 is 1. The van der Waals surface area contributed by atoms with E-state index in [1.165, 1.54) is 5.56 Å². The third-order valence-electron chi connectivity index (χ3n) is 4.50. The van der Waals surface area contributed by atoms with Crippen LogP contribution in [0.5, 0.6) is 0 Å². The van der Waals surface area contributed by atoms with Gasteiger partial charge in [-0.15, -0.1) is 0 Å². The van der Waals surface area contributed by atoms with Crippen LogP contribution in [-0.4, -0.2) is 24.6 Å². The molecule has 0 saturated carbocycles. The van der Waals surface area contributed by atoms with Crippen LogP contribution in [0.25, 0.3) is 5.70 Å². The second-order valence-corrected chi connectivity index (χ2v) is 7.87. The van der Waals surface area contributed by atoms with Crippen LogP contribution in [0.1, 0.15) is 50.0 Å². The number of hydrogen-bond donors (Lipinski definition) is 1. The lowest BCUT2D eigenvalue weighted by Gasteiger charge is -2.31. The van der Waals surface area contributed by atoms with Gasteiger partial charge >= 0.3 is 0 Å². The monoisotopic (exact) mass is 352 g/mol. The zero-order chi connectivity index (χ0) is 18.7. The van der Waals surface area contributed by atoms with Crippen molar-refractivity contribution in [3.05, 3.63) is 65.6 Å². The lowest BCUT2D eigenvalue weighted by atomic mass is 9.90. The first-order valence-electron chi connectivity index (χ1n) is 9.07. The molecule has 2 heterocycles. The maximum atomic E-state index is 5.74.